The number of carbonyl (C=O) groups is 1. The standard InChI is InChI=1S/C11H10ClFN4O/c1-17-15-11(14-16-17)6-9(18)4-7-2-3-8(13)5-10(7)12/h2-3,5H,4,6H2,1H3. The predicted octanol–water partition coefficient (Wildman–Crippen LogP) is 1.36. The van der Waals surface area contributed by atoms with Gasteiger partial charge in [-0.1, -0.05) is 17.7 Å². The van der Waals surface area contributed by atoms with Crippen molar-refractivity contribution in [3.05, 3.63) is 40.4 Å². The van der Waals surface area contributed by atoms with Gasteiger partial charge in [-0.2, -0.15) is 4.80 Å². The number of tetrazole rings is 1. The van der Waals surface area contributed by atoms with E-state index in [1.54, 1.807) is 7.05 Å². The van der Waals surface area contributed by atoms with Crippen molar-refractivity contribution >= 4 is 17.4 Å². The monoisotopic (exact) mass is 268 g/mol. The molecule has 5 nitrogen and oxygen atoms in total. The molecule has 0 aliphatic carbocycles. The van der Waals surface area contributed by atoms with Gasteiger partial charge in [0.05, 0.1) is 13.5 Å². The fraction of sp³-hybridized carbons (Fsp3) is 0.273. The average Bonchev–Trinajstić information content (AvgIpc) is 2.68. The number of aromatic nitrogens is 4. The number of rotatable bonds is 4. The third kappa shape index (κ3) is 3.10. The Labute approximate surface area is 108 Å². The highest BCUT2D eigenvalue weighted by atomic mass is 35.5. The van der Waals surface area contributed by atoms with Gasteiger partial charge in [0.1, 0.15) is 11.6 Å². The Morgan fingerprint density at radius 3 is 2.83 bits per heavy atom. The van der Waals surface area contributed by atoms with Crippen LogP contribution in [0.5, 0.6) is 0 Å². The zero-order valence-corrected chi connectivity index (χ0v) is 10.4. The summed E-state index contributed by atoms with van der Waals surface area (Å²) in [6.45, 7) is 0. The Kier molecular flexibility index (Phi) is 3.66. The van der Waals surface area contributed by atoms with Gasteiger partial charge in [-0.3, -0.25) is 4.79 Å². The van der Waals surface area contributed by atoms with Crippen LogP contribution < -0.4 is 0 Å². The van der Waals surface area contributed by atoms with Gasteiger partial charge in [0, 0.05) is 11.4 Å². The van der Waals surface area contributed by atoms with Crippen molar-refractivity contribution in [1.29, 1.82) is 0 Å². The summed E-state index contributed by atoms with van der Waals surface area (Å²) in [4.78, 5) is 13.0. The van der Waals surface area contributed by atoms with Crippen LogP contribution in [0, 0.1) is 5.82 Å². The molecule has 0 aliphatic heterocycles. The van der Waals surface area contributed by atoms with Crippen LogP contribution >= 0.6 is 11.6 Å². The SMILES string of the molecule is Cn1nnc(CC(=O)Cc2ccc(F)cc2Cl)n1. The molecular weight excluding hydrogens is 259 g/mol. The summed E-state index contributed by atoms with van der Waals surface area (Å²) in [5.41, 5.74) is 0.590. The number of carbonyl (C=O) groups excluding carboxylic acids is 1. The van der Waals surface area contributed by atoms with Crippen LogP contribution in [0.15, 0.2) is 18.2 Å². The first-order valence-electron chi connectivity index (χ1n) is 5.23. The van der Waals surface area contributed by atoms with E-state index in [2.05, 4.69) is 15.4 Å². The van der Waals surface area contributed by atoms with Crippen LogP contribution in [0.25, 0.3) is 0 Å². The molecule has 0 spiro atoms. The van der Waals surface area contributed by atoms with E-state index >= 15 is 0 Å². The lowest BCUT2D eigenvalue weighted by atomic mass is 10.1. The molecule has 0 N–H and O–H groups in total. The average molecular weight is 269 g/mol. The number of hydrogen-bond acceptors (Lipinski definition) is 4. The first-order valence-corrected chi connectivity index (χ1v) is 5.61. The zero-order valence-electron chi connectivity index (χ0n) is 9.60. The summed E-state index contributed by atoms with van der Waals surface area (Å²) < 4.78 is 12.8. The lowest BCUT2D eigenvalue weighted by Crippen LogP contribution is -2.08. The Balaban J connectivity index is 2.03. The van der Waals surface area contributed by atoms with Crippen molar-refractivity contribution in [2.75, 3.05) is 0 Å². The fourth-order valence-electron chi connectivity index (χ4n) is 1.51. The van der Waals surface area contributed by atoms with Crippen molar-refractivity contribution in [2.24, 2.45) is 7.05 Å². The van der Waals surface area contributed by atoms with E-state index in [1.165, 1.54) is 23.0 Å². The van der Waals surface area contributed by atoms with Crippen molar-refractivity contribution in [2.45, 2.75) is 12.8 Å². The van der Waals surface area contributed by atoms with E-state index < -0.39 is 5.82 Å². The molecule has 0 saturated carbocycles. The molecule has 2 aromatic rings. The highest BCUT2D eigenvalue weighted by Gasteiger charge is 2.11. The molecule has 0 saturated heterocycles. The van der Waals surface area contributed by atoms with E-state index in [-0.39, 0.29) is 23.6 Å². The molecule has 1 aromatic carbocycles. The molecule has 1 heterocycles. The maximum atomic E-state index is 12.8. The molecule has 94 valence electrons. The molecule has 7 heteroatoms. The lowest BCUT2D eigenvalue weighted by molar-refractivity contribution is -0.117. The Bertz CT molecular complexity index is 584. The van der Waals surface area contributed by atoms with Crippen molar-refractivity contribution in [3.63, 3.8) is 0 Å². The topological polar surface area (TPSA) is 60.7 Å². The number of benzene rings is 1. The second-order valence-corrected chi connectivity index (χ2v) is 4.23. The molecule has 18 heavy (non-hydrogen) atoms. The molecule has 0 unspecified atom stereocenters. The van der Waals surface area contributed by atoms with Crippen molar-refractivity contribution < 1.29 is 9.18 Å². The van der Waals surface area contributed by atoms with Crippen LogP contribution in [0.2, 0.25) is 5.02 Å². The summed E-state index contributed by atoms with van der Waals surface area (Å²) in [5, 5.41) is 11.5. The maximum Gasteiger partial charge on any atom is 0.182 e. The van der Waals surface area contributed by atoms with Gasteiger partial charge < -0.3 is 0 Å². The van der Waals surface area contributed by atoms with Crippen molar-refractivity contribution in [1.82, 2.24) is 20.2 Å². The number of nitrogens with zero attached hydrogens (tertiary/aromatic N) is 4. The largest absolute Gasteiger partial charge is 0.299 e. The van der Waals surface area contributed by atoms with Crippen LogP contribution in [0.3, 0.4) is 0 Å². The quantitative estimate of drug-likeness (QED) is 0.840. The first kappa shape index (κ1) is 12.6. The van der Waals surface area contributed by atoms with E-state index in [4.69, 9.17) is 11.6 Å². The minimum Gasteiger partial charge on any atom is -0.299 e. The second kappa shape index (κ2) is 5.22. The van der Waals surface area contributed by atoms with Gasteiger partial charge in [-0.25, -0.2) is 4.39 Å². The number of ketones is 1. The molecule has 0 bridgehead atoms. The highest BCUT2D eigenvalue weighted by Crippen LogP contribution is 2.18. The normalized spacial score (nSPS) is 10.6. The first-order chi connectivity index (χ1) is 8.54. The number of aryl methyl sites for hydroxylation is 1. The molecule has 0 atom stereocenters. The van der Waals surface area contributed by atoms with Gasteiger partial charge in [0.25, 0.3) is 0 Å². The van der Waals surface area contributed by atoms with Gasteiger partial charge in [0.2, 0.25) is 0 Å². The molecule has 0 aliphatic rings. The second-order valence-electron chi connectivity index (χ2n) is 3.82. The van der Waals surface area contributed by atoms with Crippen molar-refractivity contribution in [3.8, 4) is 0 Å². The Morgan fingerprint density at radius 1 is 1.44 bits per heavy atom. The van der Waals surface area contributed by atoms with Crippen LogP contribution in [-0.2, 0) is 24.7 Å². The minimum absolute atomic E-state index is 0.0849. The summed E-state index contributed by atoms with van der Waals surface area (Å²) in [5.74, 6) is -0.163. The molecule has 2 rings (SSSR count). The summed E-state index contributed by atoms with van der Waals surface area (Å²) in [6.07, 6.45) is 0.207. The Hall–Kier alpha value is -1.82. The predicted molar refractivity (Wildman–Crippen MR) is 62.6 cm³/mol. The van der Waals surface area contributed by atoms with Crippen LogP contribution in [0.4, 0.5) is 4.39 Å². The molecular formula is C11H10ClFN4O. The van der Waals surface area contributed by atoms with Gasteiger partial charge in [0.15, 0.2) is 5.82 Å². The number of halogens is 2. The van der Waals surface area contributed by atoms with Crippen LogP contribution in [-0.4, -0.2) is 26.0 Å². The lowest BCUT2D eigenvalue weighted by Gasteiger charge is -2.02. The maximum absolute atomic E-state index is 12.8. The third-order valence-electron chi connectivity index (χ3n) is 2.31. The molecule has 1 aromatic heterocycles. The molecule has 0 radical (unpaired) electrons. The van der Waals surface area contributed by atoms with Gasteiger partial charge in [-0.05, 0) is 22.9 Å². The highest BCUT2D eigenvalue weighted by molar-refractivity contribution is 6.31. The van der Waals surface area contributed by atoms with Gasteiger partial charge in [-0.15, -0.1) is 10.2 Å². The zero-order chi connectivity index (χ0) is 13.1. The smallest absolute Gasteiger partial charge is 0.182 e. The summed E-state index contributed by atoms with van der Waals surface area (Å²) >= 11 is 5.84. The van der Waals surface area contributed by atoms with Crippen LogP contribution in [0.1, 0.15) is 11.4 Å². The number of hydrogen-bond donors (Lipinski definition) is 0. The third-order valence-corrected chi connectivity index (χ3v) is 2.66. The fourth-order valence-corrected chi connectivity index (χ4v) is 1.74. The van der Waals surface area contributed by atoms with Gasteiger partial charge >= 0.3 is 0 Å². The summed E-state index contributed by atoms with van der Waals surface area (Å²) in [6, 6.07) is 3.96. The van der Waals surface area contributed by atoms with E-state index in [0.717, 1.165) is 0 Å². The number of Topliss-reactive ketones (excluding diaryl/α,β-unsaturated/α-hetero) is 1. The molecule has 0 amide bonds. The minimum atomic E-state index is -0.424. The Morgan fingerprint density at radius 2 is 2.22 bits per heavy atom. The van der Waals surface area contributed by atoms with E-state index in [9.17, 15) is 9.18 Å². The van der Waals surface area contributed by atoms with E-state index in [1.807, 2.05) is 0 Å². The molecule has 0 fully saturated rings. The summed E-state index contributed by atoms with van der Waals surface area (Å²) in [7, 11) is 1.62. The van der Waals surface area contributed by atoms with E-state index in [0.29, 0.717) is 11.4 Å².